The fourth-order valence-electron chi connectivity index (χ4n) is 1.55. The number of hydrogen-bond donors (Lipinski definition) is 1. The van der Waals surface area contributed by atoms with E-state index in [1.165, 1.54) is 0 Å². The van der Waals surface area contributed by atoms with Gasteiger partial charge in [0.15, 0.2) is 0 Å². The lowest BCUT2D eigenvalue weighted by Gasteiger charge is -2.00. The van der Waals surface area contributed by atoms with Crippen molar-refractivity contribution in [2.24, 2.45) is 10.1 Å². The van der Waals surface area contributed by atoms with Crippen molar-refractivity contribution in [3.8, 4) is 5.75 Å². The number of aryl methyl sites for hydroxylation is 1. The Morgan fingerprint density at radius 2 is 2.05 bits per heavy atom. The molecule has 0 saturated heterocycles. The van der Waals surface area contributed by atoms with E-state index >= 15 is 0 Å². The molecule has 0 fully saturated rings. The summed E-state index contributed by atoms with van der Waals surface area (Å²) in [6.45, 7) is 6.05. The van der Waals surface area contributed by atoms with Crippen molar-refractivity contribution >= 4 is 17.6 Å². The van der Waals surface area contributed by atoms with E-state index in [1.54, 1.807) is 34.4 Å². The Kier molecular flexibility index (Phi) is 4.16. The molecule has 100 valence electrons. The van der Waals surface area contributed by atoms with E-state index in [2.05, 4.69) is 10.1 Å². The molecule has 0 radical (unpaired) electrons. The van der Waals surface area contributed by atoms with Gasteiger partial charge in [-0.15, -0.1) is 11.3 Å². The summed E-state index contributed by atoms with van der Waals surface area (Å²) in [4.78, 5) is 5.38. The van der Waals surface area contributed by atoms with E-state index in [0.717, 1.165) is 10.5 Å². The molecule has 2 aromatic rings. The molecule has 0 aliphatic heterocycles. The smallest absolute Gasteiger partial charge is 0.206 e. The zero-order valence-electron chi connectivity index (χ0n) is 11.2. The van der Waals surface area contributed by atoms with Crippen molar-refractivity contribution in [3.63, 3.8) is 0 Å². The molecule has 1 aromatic carbocycles. The molecule has 2 rings (SSSR count). The summed E-state index contributed by atoms with van der Waals surface area (Å²) in [5, 5.41) is 16.1. The van der Waals surface area contributed by atoms with E-state index in [1.807, 2.05) is 38.3 Å². The molecule has 0 spiro atoms. The number of aromatic hydroxyl groups is 1. The van der Waals surface area contributed by atoms with Crippen LogP contribution in [0.2, 0.25) is 0 Å². The summed E-state index contributed by atoms with van der Waals surface area (Å²) < 4.78 is 1.79. The van der Waals surface area contributed by atoms with Gasteiger partial charge in [0.25, 0.3) is 0 Å². The third-order valence-electron chi connectivity index (χ3n) is 2.47. The first-order valence-electron chi connectivity index (χ1n) is 6.11. The van der Waals surface area contributed by atoms with E-state index in [-0.39, 0.29) is 11.8 Å². The Balaban J connectivity index is 2.39. The average Bonchev–Trinajstić information content (AvgIpc) is 2.69. The second-order valence-corrected chi connectivity index (χ2v) is 5.33. The summed E-state index contributed by atoms with van der Waals surface area (Å²) in [7, 11) is 0. The van der Waals surface area contributed by atoms with Crippen LogP contribution >= 0.6 is 11.3 Å². The van der Waals surface area contributed by atoms with Crippen LogP contribution in [-0.4, -0.2) is 22.0 Å². The lowest BCUT2D eigenvalue weighted by atomic mass is 10.2. The summed E-state index contributed by atoms with van der Waals surface area (Å²) in [6, 6.07) is 7.34. The number of rotatable bonds is 3. The van der Waals surface area contributed by atoms with Crippen LogP contribution in [0.1, 0.15) is 25.1 Å². The number of hydrogen-bond acceptors (Lipinski definition) is 4. The van der Waals surface area contributed by atoms with Crippen LogP contribution in [0.3, 0.4) is 0 Å². The zero-order chi connectivity index (χ0) is 13.8. The van der Waals surface area contributed by atoms with Gasteiger partial charge < -0.3 is 5.11 Å². The quantitative estimate of drug-likeness (QED) is 0.860. The summed E-state index contributed by atoms with van der Waals surface area (Å²) in [6.07, 6.45) is 1.65. The molecule has 1 heterocycles. The van der Waals surface area contributed by atoms with Gasteiger partial charge in [-0.1, -0.05) is 12.1 Å². The molecule has 1 aromatic heterocycles. The van der Waals surface area contributed by atoms with Crippen LogP contribution in [0.15, 0.2) is 39.7 Å². The SMILES string of the molecule is Cc1csc(=NC(C)C)n1N=Cc1ccccc1O. The Bertz CT molecular complexity index is 653. The van der Waals surface area contributed by atoms with Crippen molar-refractivity contribution in [3.05, 3.63) is 45.7 Å². The first-order chi connectivity index (χ1) is 9.08. The molecule has 4 nitrogen and oxygen atoms in total. The minimum absolute atomic E-state index is 0.224. The Morgan fingerprint density at radius 1 is 1.32 bits per heavy atom. The molecular formula is C14H17N3OS. The molecule has 5 heteroatoms. The fourth-order valence-corrected chi connectivity index (χ4v) is 2.49. The minimum Gasteiger partial charge on any atom is -0.507 e. The molecule has 0 aliphatic carbocycles. The van der Waals surface area contributed by atoms with Crippen molar-refractivity contribution in [2.75, 3.05) is 0 Å². The van der Waals surface area contributed by atoms with E-state index in [9.17, 15) is 5.11 Å². The monoisotopic (exact) mass is 275 g/mol. The maximum Gasteiger partial charge on any atom is 0.206 e. The van der Waals surface area contributed by atoms with Gasteiger partial charge in [0.1, 0.15) is 5.75 Å². The van der Waals surface area contributed by atoms with Crippen molar-refractivity contribution in [1.29, 1.82) is 0 Å². The van der Waals surface area contributed by atoms with Crippen molar-refractivity contribution in [2.45, 2.75) is 26.8 Å². The van der Waals surface area contributed by atoms with Gasteiger partial charge >= 0.3 is 0 Å². The third kappa shape index (κ3) is 3.32. The number of phenolic OH excluding ortho intramolecular Hbond substituents is 1. The second-order valence-electron chi connectivity index (χ2n) is 4.50. The molecule has 0 aliphatic rings. The van der Waals surface area contributed by atoms with Gasteiger partial charge in [-0.25, -0.2) is 4.68 Å². The van der Waals surface area contributed by atoms with Crippen molar-refractivity contribution in [1.82, 2.24) is 4.68 Å². The van der Waals surface area contributed by atoms with Gasteiger partial charge in [-0.2, -0.15) is 5.10 Å². The molecule has 0 amide bonds. The molecule has 0 bridgehead atoms. The first-order valence-corrected chi connectivity index (χ1v) is 6.99. The molecular weight excluding hydrogens is 258 g/mol. The maximum absolute atomic E-state index is 9.70. The Morgan fingerprint density at radius 3 is 2.74 bits per heavy atom. The summed E-state index contributed by atoms with van der Waals surface area (Å²) in [5.41, 5.74) is 1.71. The van der Waals surface area contributed by atoms with Gasteiger partial charge in [0.2, 0.25) is 4.80 Å². The molecule has 19 heavy (non-hydrogen) atoms. The van der Waals surface area contributed by atoms with E-state index in [0.29, 0.717) is 5.56 Å². The predicted octanol–water partition coefficient (Wildman–Crippen LogP) is 2.75. The van der Waals surface area contributed by atoms with Crippen molar-refractivity contribution < 1.29 is 5.11 Å². The molecule has 0 unspecified atom stereocenters. The highest BCUT2D eigenvalue weighted by Crippen LogP contribution is 2.13. The minimum atomic E-state index is 0.224. The second kappa shape index (κ2) is 5.84. The number of nitrogens with zero attached hydrogens (tertiary/aromatic N) is 3. The molecule has 1 N–H and O–H groups in total. The van der Waals surface area contributed by atoms with E-state index < -0.39 is 0 Å². The van der Waals surface area contributed by atoms with Crippen LogP contribution in [0.4, 0.5) is 0 Å². The van der Waals surface area contributed by atoms with Gasteiger partial charge in [-0.05, 0) is 32.9 Å². The highest BCUT2D eigenvalue weighted by atomic mass is 32.1. The predicted molar refractivity (Wildman–Crippen MR) is 78.8 cm³/mol. The standard InChI is InChI=1S/C14H17N3OS/c1-10(2)16-14-17(11(3)9-19-14)15-8-12-6-4-5-7-13(12)18/h4-10,18H,1-3H3. The number of benzene rings is 1. The number of para-hydroxylation sites is 1. The number of phenols is 1. The molecule has 0 atom stereocenters. The highest BCUT2D eigenvalue weighted by molar-refractivity contribution is 7.07. The van der Waals surface area contributed by atoms with Crippen LogP contribution in [0.5, 0.6) is 5.75 Å². The van der Waals surface area contributed by atoms with Crippen LogP contribution in [0.25, 0.3) is 0 Å². The first kappa shape index (κ1) is 13.5. The largest absolute Gasteiger partial charge is 0.507 e. The summed E-state index contributed by atoms with van der Waals surface area (Å²) >= 11 is 1.56. The third-order valence-corrected chi connectivity index (χ3v) is 3.42. The maximum atomic E-state index is 9.70. The topological polar surface area (TPSA) is 49.9 Å². The van der Waals surface area contributed by atoms with Gasteiger partial charge in [-0.3, -0.25) is 4.99 Å². The van der Waals surface area contributed by atoms with Gasteiger partial charge in [0, 0.05) is 17.0 Å². The lowest BCUT2D eigenvalue weighted by molar-refractivity contribution is 0.474. The normalized spacial score (nSPS) is 12.7. The lowest BCUT2D eigenvalue weighted by Crippen LogP contribution is -2.14. The Hall–Kier alpha value is -1.88. The van der Waals surface area contributed by atoms with Crippen LogP contribution in [0, 0.1) is 6.92 Å². The van der Waals surface area contributed by atoms with Gasteiger partial charge in [0.05, 0.1) is 11.9 Å². The van der Waals surface area contributed by atoms with Crippen LogP contribution in [-0.2, 0) is 0 Å². The highest BCUT2D eigenvalue weighted by Gasteiger charge is 2.01. The molecule has 0 saturated carbocycles. The number of aromatic nitrogens is 1. The Labute approximate surface area is 116 Å². The van der Waals surface area contributed by atoms with E-state index in [4.69, 9.17) is 0 Å². The average molecular weight is 275 g/mol. The van der Waals surface area contributed by atoms with Crippen LogP contribution < -0.4 is 4.80 Å². The number of thiazole rings is 1. The zero-order valence-corrected chi connectivity index (χ0v) is 12.1. The fraction of sp³-hybridized carbons (Fsp3) is 0.286. The summed E-state index contributed by atoms with van der Waals surface area (Å²) in [5.74, 6) is 0.224.